The SMILES string of the molecule is C[C@H](NCc1ccc(C2CC2)cc1)c1ccccc1Cl. The number of benzene rings is 2. The first-order chi connectivity index (χ1) is 9.74. The quantitative estimate of drug-likeness (QED) is 0.809. The van der Waals surface area contributed by atoms with Crippen LogP contribution in [0.3, 0.4) is 0 Å². The predicted molar refractivity (Wildman–Crippen MR) is 85.1 cm³/mol. The van der Waals surface area contributed by atoms with Crippen molar-refractivity contribution in [2.75, 3.05) is 0 Å². The monoisotopic (exact) mass is 285 g/mol. The molecule has 104 valence electrons. The van der Waals surface area contributed by atoms with E-state index >= 15 is 0 Å². The molecule has 2 aromatic carbocycles. The standard InChI is InChI=1S/C18H20ClN/c1-13(17-4-2-3-5-18(17)19)20-12-14-6-8-15(9-7-14)16-10-11-16/h2-9,13,16,20H,10-12H2,1H3/t13-/m0/s1. The van der Waals surface area contributed by atoms with E-state index < -0.39 is 0 Å². The molecule has 1 nitrogen and oxygen atoms in total. The Morgan fingerprint density at radius 3 is 2.45 bits per heavy atom. The highest BCUT2D eigenvalue weighted by molar-refractivity contribution is 6.31. The lowest BCUT2D eigenvalue weighted by atomic mass is 10.1. The van der Waals surface area contributed by atoms with E-state index in [1.807, 2.05) is 18.2 Å². The molecule has 3 rings (SSSR count). The van der Waals surface area contributed by atoms with Crippen molar-refractivity contribution in [1.82, 2.24) is 5.32 Å². The van der Waals surface area contributed by atoms with E-state index in [2.05, 4.69) is 42.6 Å². The first-order valence-corrected chi connectivity index (χ1v) is 7.68. The van der Waals surface area contributed by atoms with Gasteiger partial charge in [0.1, 0.15) is 0 Å². The van der Waals surface area contributed by atoms with Gasteiger partial charge in [-0.1, -0.05) is 54.1 Å². The van der Waals surface area contributed by atoms with Crippen LogP contribution in [0.1, 0.15) is 48.4 Å². The largest absolute Gasteiger partial charge is 0.306 e. The maximum absolute atomic E-state index is 6.22. The first-order valence-electron chi connectivity index (χ1n) is 7.30. The van der Waals surface area contributed by atoms with Gasteiger partial charge < -0.3 is 5.32 Å². The molecule has 0 aromatic heterocycles. The summed E-state index contributed by atoms with van der Waals surface area (Å²) in [6, 6.07) is 17.3. The van der Waals surface area contributed by atoms with Gasteiger partial charge >= 0.3 is 0 Å². The number of nitrogens with one attached hydrogen (secondary N) is 1. The number of rotatable bonds is 5. The summed E-state index contributed by atoms with van der Waals surface area (Å²) in [4.78, 5) is 0. The van der Waals surface area contributed by atoms with Crippen molar-refractivity contribution < 1.29 is 0 Å². The molecule has 0 unspecified atom stereocenters. The van der Waals surface area contributed by atoms with E-state index in [1.54, 1.807) is 0 Å². The summed E-state index contributed by atoms with van der Waals surface area (Å²) in [5, 5.41) is 4.37. The molecule has 0 saturated heterocycles. The zero-order valence-corrected chi connectivity index (χ0v) is 12.5. The van der Waals surface area contributed by atoms with Gasteiger partial charge in [0.05, 0.1) is 0 Å². The summed E-state index contributed by atoms with van der Waals surface area (Å²) in [5.41, 5.74) is 3.98. The van der Waals surface area contributed by atoms with Gasteiger partial charge in [0.2, 0.25) is 0 Å². The molecule has 0 heterocycles. The van der Waals surface area contributed by atoms with Crippen molar-refractivity contribution in [3.8, 4) is 0 Å². The molecular weight excluding hydrogens is 266 g/mol. The minimum Gasteiger partial charge on any atom is -0.306 e. The maximum Gasteiger partial charge on any atom is 0.0453 e. The molecule has 1 atom stereocenters. The molecule has 0 spiro atoms. The van der Waals surface area contributed by atoms with Crippen LogP contribution in [0.25, 0.3) is 0 Å². The van der Waals surface area contributed by atoms with E-state index in [0.29, 0.717) is 0 Å². The van der Waals surface area contributed by atoms with Crippen LogP contribution in [-0.2, 0) is 6.54 Å². The van der Waals surface area contributed by atoms with Crippen LogP contribution in [-0.4, -0.2) is 0 Å². The molecule has 1 aliphatic rings. The Labute approximate surface area is 126 Å². The molecule has 0 amide bonds. The van der Waals surface area contributed by atoms with Gasteiger partial charge in [0.25, 0.3) is 0 Å². The Balaban J connectivity index is 1.59. The average Bonchev–Trinajstić information content (AvgIpc) is 3.30. The highest BCUT2D eigenvalue weighted by Gasteiger charge is 2.22. The highest BCUT2D eigenvalue weighted by atomic mass is 35.5. The summed E-state index contributed by atoms with van der Waals surface area (Å²) < 4.78 is 0. The number of halogens is 1. The molecule has 1 aliphatic carbocycles. The third-order valence-corrected chi connectivity index (χ3v) is 4.36. The highest BCUT2D eigenvalue weighted by Crippen LogP contribution is 2.39. The molecule has 1 fully saturated rings. The number of hydrogen-bond acceptors (Lipinski definition) is 1. The fourth-order valence-corrected chi connectivity index (χ4v) is 2.83. The third kappa shape index (κ3) is 3.23. The Hall–Kier alpha value is -1.31. The molecule has 1 N–H and O–H groups in total. The van der Waals surface area contributed by atoms with Crippen molar-refractivity contribution in [3.63, 3.8) is 0 Å². The summed E-state index contributed by atoms with van der Waals surface area (Å²) in [6.07, 6.45) is 2.72. The lowest BCUT2D eigenvalue weighted by Crippen LogP contribution is -2.18. The van der Waals surface area contributed by atoms with E-state index in [-0.39, 0.29) is 6.04 Å². The Morgan fingerprint density at radius 1 is 1.10 bits per heavy atom. The fraction of sp³-hybridized carbons (Fsp3) is 0.333. The predicted octanol–water partition coefficient (Wildman–Crippen LogP) is 5.07. The molecule has 2 aromatic rings. The second-order valence-electron chi connectivity index (χ2n) is 5.64. The van der Waals surface area contributed by atoms with Crippen LogP contribution in [0.5, 0.6) is 0 Å². The van der Waals surface area contributed by atoms with Gasteiger partial charge in [-0.2, -0.15) is 0 Å². The Bertz CT molecular complexity index is 572. The van der Waals surface area contributed by atoms with Crippen molar-refractivity contribution in [2.24, 2.45) is 0 Å². The zero-order chi connectivity index (χ0) is 13.9. The summed E-state index contributed by atoms with van der Waals surface area (Å²) >= 11 is 6.22. The normalized spacial score (nSPS) is 16.1. The van der Waals surface area contributed by atoms with Crippen LogP contribution >= 0.6 is 11.6 Å². The molecule has 20 heavy (non-hydrogen) atoms. The molecule has 0 radical (unpaired) electrons. The van der Waals surface area contributed by atoms with Crippen LogP contribution in [0.2, 0.25) is 5.02 Å². The molecular formula is C18H20ClN. The third-order valence-electron chi connectivity index (χ3n) is 4.01. The zero-order valence-electron chi connectivity index (χ0n) is 11.8. The van der Waals surface area contributed by atoms with E-state index in [0.717, 1.165) is 23.0 Å². The minimum atomic E-state index is 0.256. The van der Waals surface area contributed by atoms with Crippen molar-refractivity contribution >= 4 is 11.6 Å². The maximum atomic E-state index is 6.22. The van der Waals surface area contributed by atoms with Gasteiger partial charge in [-0.25, -0.2) is 0 Å². The summed E-state index contributed by atoms with van der Waals surface area (Å²) in [6.45, 7) is 3.02. The van der Waals surface area contributed by atoms with Crippen LogP contribution in [0.15, 0.2) is 48.5 Å². The molecule has 0 aliphatic heterocycles. The second kappa shape index (κ2) is 5.99. The van der Waals surface area contributed by atoms with Crippen LogP contribution in [0, 0.1) is 0 Å². The van der Waals surface area contributed by atoms with Crippen molar-refractivity contribution in [1.29, 1.82) is 0 Å². The average molecular weight is 286 g/mol. The van der Waals surface area contributed by atoms with Crippen molar-refractivity contribution in [2.45, 2.75) is 38.3 Å². The lowest BCUT2D eigenvalue weighted by molar-refractivity contribution is 0.575. The Kier molecular flexibility index (Phi) is 4.09. The summed E-state index contributed by atoms with van der Waals surface area (Å²) in [5.74, 6) is 0.832. The second-order valence-corrected chi connectivity index (χ2v) is 6.05. The topological polar surface area (TPSA) is 12.0 Å². The van der Waals surface area contributed by atoms with Crippen LogP contribution < -0.4 is 5.32 Å². The summed E-state index contributed by atoms with van der Waals surface area (Å²) in [7, 11) is 0. The number of hydrogen-bond donors (Lipinski definition) is 1. The van der Waals surface area contributed by atoms with E-state index in [9.17, 15) is 0 Å². The van der Waals surface area contributed by atoms with Gasteiger partial charge in [0, 0.05) is 17.6 Å². The molecule has 0 bridgehead atoms. The van der Waals surface area contributed by atoms with Gasteiger partial charge in [-0.3, -0.25) is 0 Å². The van der Waals surface area contributed by atoms with Gasteiger partial charge in [-0.05, 0) is 48.4 Å². The lowest BCUT2D eigenvalue weighted by Gasteiger charge is -2.16. The minimum absolute atomic E-state index is 0.256. The van der Waals surface area contributed by atoms with Crippen molar-refractivity contribution in [3.05, 3.63) is 70.2 Å². The molecule has 1 saturated carbocycles. The fourth-order valence-electron chi connectivity index (χ4n) is 2.53. The van der Waals surface area contributed by atoms with Crippen LogP contribution in [0.4, 0.5) is 0 Å². The van der Waals surface area contributed by atoms with Gasteiger partial charge in [-0.15, -0.1) is 0 Å². The van der Waals surface area contributed by atoms with E-state index in [4.69, 9.17) is 11.6 Å². The smallest absolute Gasteiger partial charge is 0.0453 e. The van der Waals surface area contributed by atoms with Gasteiger partial charge in [0.15, 0.2) is 0 Å². The molecule has 2 heteroatoms. The first kappa shape index (κ1) is 13.7. The van der Waals surface area contributed by atoms with E-state index in [1.165, 1.54) is 24.0 Å². The Morgan fingerprint density at radius 2 is 1.80 bits per heavy atom.